The van der Waals surface area contributed by atoms with Gasteiger partial charge in [0.25, 0.3) is 11.1 Å². The lowest BCUT2D eigenvalue weighted by molar-refractivity contribution is -0.127. The van der Waals surface area contributed by atoms with Crippen LogP contribution in [-0.4, -0.2) is 41.7 Å². The number of hydrogen-bond acceptors (Lipinski definition) is 7. The predicted octanol–water partition coefficient (Wildman–Crippen LogP) is 6.65. The number of nitrogens with zero attached hydrogens (tertiary/aromatic N) is 1. The van der Waals surface area contributed by atoms with Gasteiger partial charge in [-0.2, -0.15) is 0 Å². The Balaban J connectivity index is 1.45. The highest BCUT2D eigenvalue weighted by atomic mass is 127. The van der Waals surface area contributed by atoms with Crippen LogP contribution in [0.1, 0.15) is 30.5 Å². The van der Waals surface area contributed by atoms with Gasteiger partial charge in [0.05, 0.1) is 21.7 Å². The van der Waals surface area contributed by atoms with Crippen LogP contribution in [0.15, 0.2) is 65.6 Å². The molecule has 1 saturated heterocycles. The second-order valence-corrected chi connectivity index (χ2v) is 11.0. The third-order valence-corrected chi connectivity index (χ3v) is 7.43. The summed E-state index contributed by atoms with van der Waals surface area (Å²) in [6.07, 6.45) is 1.63. The van der Waals surface area contributed by atoms with Crippen LogP contribution in [0.5, 0.6) is 17.2 Å². The van der Waals surface area contributed by atoms with Gasteiger partial charge in [-0.1, -0.05) is 29.8 Å². The van der Waals surface area contributed by atoms with Gasteiger partial charge in [-0.05, 0) is 109 Å². The number of halogens is 1. The molecule has 0 aliphatic carbocycles. The number of ether oxygens (including phenoxy) is 3. The molecular formula is C30H29IN2O6S. The van der Waals surface area contributed by atoms with Crippen molar-refractivity contribution in [2.24, 2.45) is 0 Å². The van der Waals surface area contributed by atoms with Crippen molar-refractivity contribution in [2.75, 3.05) is 25.1 Å². The zero-order chi connectivity index (χ0) is 28.6. The van der Waals surface area contributed by atoms with Crippen molar-refractivity contribution in [2.45, 2.75) is 27.4 Å². The maximum atomic E-state index is 13.0. The number of amides is 3. The second kappa shape index (κ2) is 13.7. The van der Waals surface area contributed by atoms with Crippen LogP contribution in [0, 0.1) is 10.5 Å². The van der Waals surface area contributed by atoms with Crippen molar-refractivity contribution in [1.82, 2.24) is 4.90 Å². The van der Waals surface area contributed by atoms with E-state index in [1.807, 2.05) is 45.0 Å². The van der Waals surface area contributed by atoms with E-state index in [1.54, 1.807) is 36.4 Å². The zero-order valence-corrected chi connectivity index (χ0v) is 25.3. The molecule has 3 amide bonds. The summed E-state index contributed by atoms with van der Waals surface area (Å²) in [4.78, 5) is 39.4. The normalized spacial score (nSPS) is 14.0. The highest BCUT2D eigenvalue weighted by Crippen LogP contribution is 2.38. The fourth-order valence-electron chi connectivity index (χ4n) is 3.96. The Hall–Kier alpha value is -3.51. The Labute approximate surface area is 251 Å². The largest absolute Gasteiger partial charge is 0.494 e. The molecule has 40 heavy (non-hydrogen) atoms. The lowest BCUT2D eigenvalue weighted by atomic mass is 10.1. The minimum Gasteiger partial charge on any atom is -0.494 e. The first-order valence-electron chi connectivity index (χ1n) is 12.7. The first-order chi connectivity index (χ1) is 19.3. The minimum absolute atomic E-state index is 0.227. The molecule has 208 valence electrons. The number of thioether (sulfide) groups is 1. The van der Waals surface area contributed by atoms with Crippen molar-refractivity contribution in [3.63, 3.8) is 0 Å². The number of carbonyl (C=O) groups excluding carboxylic acids is 3. The van der Waals surface area contributed by atoms with E-state index in [-0.39, 0.29) is 11.4 Å². The van der Waals surface area contributed by atoms with E-state index in [0.29, 0.717) is 48.3 Å². The molecule has 0 spiro atoms. The lowest BCUT2D eigenvalue weighted by Crippen LogP contribution is -2.36. The molecule has 3 aromatic carbocycles. The smallest absolute Gasteiger partial charge is 0.294 e. The van der Waals surface area contributed by atoms with Gasteiger partial charge in [-0.25, -0.2) is 0 Å². The highest BCUT2D eigenvalue weighted by Gasteiger charge is 2.36. The maximum absolute atomic E-state index is 13.0. The number of imide groups is 1. The van der Waals surface area contributed by atoms with E-state index in [4.69, 9.17) is 14.2 Å². The maximum Gasteiger partial charge on any atom is 0.294 e. The topological polar surface area (TPSA) is 94.2 Å². The van der Waals surface area contributed by atoms with Gasteiger partial charge in [-0.15, -0.1) is 0 Å². The molecule has 4 rings (SSSR count). The molecule has 0 unspecified atom stereocenters. The van der Waals surface area contributed by atoms with Crippen LogP contribution in [0.25, 0.3) is 6.08 Å². The van der Waals surface area contributed by atoms with Gasteiger partial charge >= 0.3 is 0 Å². The summed E-state index contributed by atoms with van der Waals surface area (Å²) < 4.78 is 18.2. The van der Waals surface area contributed by atoms with E-state index in [0.717, 1.165) is 31.4 Å². The molecule has 0 aromatic heterocycles. The molecule has 1 fully saturated rings. The van der Waals surface area contributed by atoms with Crippen molar-refractivity contribution >= 4 is 63.2 Å². The average molecular weight is 673 g/mol. The fraction of sp³-hybridized carbons (Fsp3) is 0.233. The highest BCUT2D eigenvalue weighted by molar-refractivity contribution is 14.1. The molecule has 1 aliphatic rings. The van der Waals surface area contributed by atoms with Crippen molar-refractivity contribution < 1.29 is 28.6 Å². The SMILES string of the molecule is CCOc1ccc(NC(=O)CN2C(=O)S/C(=C/c3cc(I)c(OCc4cccc(C)c4)c(OCC)c3)C2=O)cc1. The van der Waals surface area contributed by atoms with Crippen molar-refractivity contribution in [3.05, 3.63) is 85.8 Å². The van der Waals surface area contributed by atoms with Gasteiger partial charge in [0.2, 0.25) is 5.91 Å². The predicted molar refractivity (Wildman–Crippen MR) is 165 cm³/mol. The Morgan fingerprint density at radius 2 is 1.75 bits per heavy atom. The first kappa shape index (κ1) is 29.5. The minimum atomic E-state index is -0.524. The van der Waals surface area contributed by atoms with Gasteiger partial charge in [-0.3, -0.25) is 19.3 Å². The van der Waals surface area contributed by atoms with Crippen LogP contribution < -0.4 is 19.5 Å². The van der Waals surface area contributed by atoms with Crippen molar-refractivity contribution in [3.8, 4) is 17.2 Å². The standard InChI is InChI=1S/C30H29IN2O6S/c1-4-37-23-11-9-22(10-12-23)32-27(34)17-33-29(35)26(40-30(33)36)16-21-14-24(31)28(25(15-21)38-5-2)39-18-20-8-6-7-19(3)13-20/h6-16H,4-5,17-18H2,1-3H3,(H,32,34)/b26-16+. The summed E-state index contributed by atoms with van der Waals surface area (Å²) in [6, 6.07) is 18.6. The lowest BCUT2D eigenvalue weighted by Gasteiger charge is -2.15. The van der Waals surface area contributed by atoms with E-state index in [1.165, 1.54) is 0 Å². The summed E-state index contributed by atoms with van der Waals surface area (Å²) >= 11 is 2.97. The number of hydrogen-bond donors (Lipinski definition) is 1. The summed E-state index contributed by atoms with van der Waals surface area (Å²) in [5.41, 5.74) is 3.42. The third-order valence-electron chi connectivity index (χ3n) is 5.72. The Morgan fingerprint density at radius 1 is 1.00 bits per heavy atom. The summed E-state index contributed by atoms with van der Waals surface area (Å²) in [5.74, 6) is 0.840. The van der Waals surface area contributed by atoms with Crippen LogP contribution >= 0.6 is 34.4 Å². The number of carbonyl (C=O) groups is 3. The van der Waals surface area contributed by atoms with Crippen LogP contribution in [0.4, 0.5) is 10.5 Å². The number of nitrogens with one attached hydrogen (secondary N) is 1. The molecule has 0 radical (unpaired) electrons. The number of anilines is 1. The first-order valence-corrected chi connectivity index (χ1v) is 14.6. The Kier molecular flexibility index (Phi) is 10.1. The van der Waals surface area contributed by atoms with E-state index >= 15 is 0 Å². The Bertz CT molecular complexity index is 1440. The van der Waals surface area contributed by atoms with E-state index < -0.39 is 17.1 Å². The fourth-order valence-corrected chi connectivity index (χ4v) is 5.58. The van der Waals surface area contributed by atoms with E-state index in [9.17, 15) is 14.4 Å². The van der Waals surface area contributed by atoms with Crippen LogP contribution in [-0.2, 0) is 16.2 Å². The third kappa shape index (κ3) is 7.57. The second-order valence-electron chi connectivity index (χ2n) is 8.81. The number of benzene rings is 3. The monoisotopic (exact) mass is 672 g/mol. The molecule has 1 heterocycles. The molecule has 3 aromatic rings. The molecule has 0 saturated carbocycles. The molecule has 1 N–H and O–H groups in total. The molecule has 0 atom stereocenters. The molecule has 8 nitrogen and oxygen atoms in total. The van der Waals surface area contributed by atoms with Gasteiger partial charge in [0.1, 0.15) is 18.9 Å². The van der Waals surface area contributed by atoms with Crippen LogP contribution in [0.2, 0.25) is 0 Å². The molecule has 0 bridgehead atoms. The zero-order valence-electron chi connectivity index (χ0n) is 22.4. The summed E-state index contributed by atoms with van der Waals surface area (Å²) in [6.45, 7) is 6.77. The summed E-state index contributed by atoms with van der Waals surface area (Å²) in [5, 5.41) is 2.20. The molecule has 10 heteroatoms. The molecule has 1 aliphatic heterocycles. The van der Waals surface area contributed by atoms with E-state index in [2.05, 4.69) is 34.0 Å². The number of rotatable bonds is 11. The van der Waals surface area contributed by atoms with Crippen LogP contribution in [0.3, 0.4) is 0 Å². The van der Waals surface area contributed by atoms with Crippen molar-refractivity contribution in [1.29, 1.82) is 0 Å². The molecular weight excluding hydrogens is 643 g/mol. The van der Waals surface area contributed by atoms with Gasteiger partial charge in [0.15, 0.2) is 11.5 Å². The quantitative estimate of drug-likeness (QED) is 0.180. The Morgan fingerprint density at radius 3 is 2.45 bits per heavy atom. The average Bonchev–Trinajstić information content (AvgIpc) is 3.17. The number of aryl methyl sites for hydroxylation is 1. The summed E-state index contributed by atoms with van der Waals surface area (Å²) in [7, 11) is 0. The van der Waals surface area contributed by atoms with Gasteiger partial charge in [0, 0.05) is 5.69 Å². The van der Waals surface area contributed by atoms with Gasteiger partial charge < -0.3 is 19.5 Å².